The SMILES string of the molecule is Cc1ccc(C(=O)NC(C(=O)O)C2CCCOC2)cc1NC(=O)c1ccccc1. The highest BCUT2D eigenvalue weighted by molar-refractivity contribution is 6.05. The highest BCUT2D eigenvalue weighted by Gasteiger charge is 2.31. The van der Waals surface area contributed by atoms with Gasteiger partial charge in [0.2, 0.25) is 0 Å². The summed E-state index contributed by atoms with van der Waals surface area (Å²) in [5, 5.41) is 14.9. The zero-order valence-corrected chi connectivity index (χ0v) is 16.2. The van der Waals surface area contributed by atoms with Crippen molar-refractivity contribution in [3.63, 3.8) is 0 Å². The highest BCUT2D eigenvalue weighted by Crippen LogP contribution is 2.21. The van der Waals surface area contributed by atoms with Crippen LogP contribution in [0.3, 0.4) is 0 Å². The molecule has 2 atom stereocenters. The molecule has 0 spiro atoms. The lowest BCUT2D eigenvalue weighted by atomic mass is 9.93. The molecule has 29 heavy (non-hydrogen) atoms. The first kappa shape index (κ1) is 20.5. The van der Waals surface area contributed by atoms with Crippen molar-refractivity contribution in [2.45, 2.75) is 25.8 Å². The number of aryl methyl sites for hydroxylation is 1. The van der Waals surface area contributed by atoms with Crippen LogP contribution in [0, 0.1) is 12.8 Å². The molecule has 3 N–H and O–H groups in total. The van der Waals surface area contributed by atoms with Gasteiger partial charge in [-0.05, 0) is 49.6 Å². The summed E-state index contributed by atoms with van der Waals surface area (Å²) >= 11 is 0. The maximum absolute atomic E-state index is 12.7. The minimum Gasteiger partial charge on any atom is -0.480 e. The lowest BCUT2D eigenvalue weighted by Gasteiger charge is -2.28. The van der Waals surface area contributed by atoms with Crippen LogP contribution < -0.4 is 10.6 Å². The van der Waals surface area contributed by atoms with Crippen LogP contribution in [0.5, 0.6) is 0 Å². The summed E-state index contributed by atoms with van der Waals surface area (Å²) in [6.45, 7) is 2.74. The third kappa shape index (κ3) is 5.20. The van der Waals surface area contributed by atoms with Crippen molar-refractivity contribution < 1.29 is 24.2 Å². The number of amides is 2. The molecule has 2 unspecified atom stereocenters. The standard InChI is InChI=1S/C22H24N2O5/c1-14-9-10-16(12-18(14)23-20(25)15-6-3-2-4-7-15)21(26)24-19(22(27)28)17-8-5-11-29-13-17/h2-4,6-7,9-10,12,17,19H,5,8,11,13H2,1H3,(H,23,25)(H,24,26)(H,27,28). The monoisotopic (exact) mass is 396 g/mol. The number of ether oxygens (including phenoxy) is 1. The van der Waals surface area contributed by atoms with E-state index in [9.17, 15) is 19.5 Å². The zero-order chi connectivity index (χ0) is 20.8. The Balaban J connectivity index is 1.74. The topological polar surface area (TPSA) is 105 Å². The number of benzene rings is 2. The molecule has 152 valence electrons. The number of carbonyl (C=O) groups excluding carboxylic acids is 2. The number of carboxylic acid groups (broad SMARTS) is 1. The van der Waals surface area contributed by atoms with Crippen LogP contribution in [0.25, 0.3) is 0 Å². The Labute approximate surface area is 169 Å². The van der Waals surface area contributed by atoms with Crippen molar-refractivity contribution in [2.75, 3.05) is 18.5 Å². The fourth-order valence-corrected chi connectivity index (χ4v) is 3.32. The van der Waals surface area contributed by atoms with Gasteiger partial charge in [-0.25, -0.2) is 4.79 Å². The van der Waals surface area contributed by atoms with Gasteiger partial charge >= 0.3 is 5.97 Å². The minimum atomic E-state index is -1.08. The fraction of sp³-hybridized carbons (Fsp3) is 0.318. The van der Waals surface area contributed by atoms with Crippen molar-refractivity contribution in [3.8, 4) is 0 Å². The Morgan fingerprint density at radius 2 is 1.83 bits per heavy atom. The molecule has 1 heterocycles. The van der Waals surface area contributed by atoms with Crippen molar-refractivity contribution in [3.05, 3.63) is 65.2 Å². The predicted molar refractivity (Wildman–Crippen MR) is 108 cm³/mol. The van der Waals surface area contributed by atoms with E-state index in [1.807, 2.05) is 13.0 Å². The molecule has 1 saturated heterocycles. The van der Waals surface area contributed by atoms with Gasteiger partial charge in [-0.15, -0.1) is 0 Å². The van der Waals surface area contributed by atoms with Crippen LogP contribution in [0.2, 0.25) is 0 Å². The van der Waals surface area contributed by atoms with Crippen LogP contribution in [-0.2, 0) is 9.53 Å². The van der Waals surface area contributed by atoms with Crippen LogP contribution in [0.4, 0.5) is 5.69 Å². The lowest BCUT2D eigenvalue weighted by molar-refractivity contribution is -0.142. The van der Waals surface area contributed by atoms with Gasteiger partial charge in [-0.1, -0.05) is 24.3 Å². The van der Waals surface area contributed by atoms with Crippen molar-refractivity contribution in [2.24, 2.45) is 5.92 Å². The van der Waals surface area contributed by atoms with Gasteiger partial charge in [0.25, 0.3) is 11.8 Å². The Bertz CT molecular complexity index is 891. The van der Waals surface area contributed by atoms with Crippen molar-refractivity contribution in [1.82, 2.24) is 5.32 Å². The predicted octanol–water partition coefficient (Wildman–Crippen LogP) is 2.86. The van der Waals surface area contributed by atoms with Gasteiger partial charge < -0.3 is 20.5 Å². The van der Waals surface area contributed by atoms with E-state index in [1.165, 1.54) is 0 Å². The normalized spacial score (nSPS) is 17.2. The lowest BCUT2D eigenvalue weighted by Crippen LogP contribution is -2.48. The van der Waals surface area contributed by atoms with Gasteiger partial charge in [0, 0.05) is 29.3 Å². The number of carboxylic acids is 1. The van der Waals surface area contributed by atoms with E-state index < -0.39 is 17.9 Å². The second kappa shape index (κ2) is 9.34. The van der Waals surface area contributed by atoms with Crippen molar-refractivity contribution in [1.29, 1.82) is 0 Å². The summed E-state index contributed by atoms with van der Waals surface area (Å²) in [6.07, 6.45) is 1.45. The van der Waals surface area contributed by atoms with E-state index in [0.29, 0.717) is 30.9 Å². The van der Waals surface area contributed by atoms with E-state index in [0.717, 1.165) is 12.0 Å². The summed E-state index contributed by atoms with van der Waals surface area (Å²) in [5.41, 5.74) is 2.08. The molecule has 3 rings (SSSR count). The zero-order valence-electron chi connectivity index (χ0n) is 16.2. The average molecular weight is 396 g/mol. The molecule has 1 fully saturated rings. The third-order valence-electron chi connectivity index (χ3n) is 5.00. The average Bonchev–Trinajstić information content (AvgIpc) is 2.74. The molecular formula is C22H24N2O5. The van der Waals surface area contributed by atoms with Gasteiger partial charge in [0.1, 0.15) is 6.04 Å². The van der Waals surface area contributed by atoms with Gasteiger partial charge in [-0.2, -0.15) is 0 Å². The molecule has 0 bridgehead atoms. The smallest absolute Gasteiger partial charge is 0.326 e. The number of rotatable bonds is 6. The van der Waals surface area contributed by atoms with E-state index in [-0.39, 0.29) is 17.4 Å². The quantitative estimate of drug-likeness (QED) is 0.696. The molecular weight excluding hydrogens is 372 g/mol. The Kier molecular flexibility index (Phi) is 6.61. The molecule has 0 saturated carbocycles. The van der Waals surface area contributed by atoms with Crippen LogP contribution >= 0.6 is 0 Å². The first-order valence-electron chi connectivity index (χ1n) is 9.54. The van der Waals surface area contributed by atoms with E-state index in [1.54, 1.807) is 42.5 Å². The molecule has 7 nitrogen and oxygen atoms in total. The summed E-state index contributed by atoms with van der Waals surface area (Å²) < 4.78 is 5.36. The first-order chi connectivity index (χ1) is 14.0. The number of anilines is 1. The summed E-state index contributed by atoms with van der Waals surface area (Å²) in [5.74, 6) is -2.14. The van der Waals surface area contributed by atoms with Crippen LogP contribution in [-0.4, -0.2) is 42.1 Å². The number of hydrogen-bond acceptors (Lipinski definition) is 4. The number of carbonyl (C=O) groups is 3. The molecule has 0 radical (unpaired) electrons. The van der Waals surface area contributed by atoms with Gasteiger partial charge in [-0.3, -0.25) is 9.59 Å². The Morgan fingerprint density at radius 1 is 1.07 bits per heavy atom. The van der Waals surface area contributed by atoms with E-state index in [2.05, 4.69) is 10.6 Å². The first-order valence-corrected chi connectivity index (χ1v) is 9.54. The molecule has 7 heteroatoms. The molecule has 1 aliphatic heterocycles. The largest absolute Gasteiger partial charge is 0.480 e. The van der Waals surface area contributed by atoms with Crippen LogP contribution in [0.15, 0.2) is 48.5 Å². The second-order valence-electron chi connectivity index (χ2n) is 7.12. The van der Waals surface area contributed by atoms with Gasteiger partial charge in [0.15, 0.2) is 0 Å². The second-order valence-corrected chi connectivity index (χ2v) is 7.12. The molecule has 0 aromatic heterocycles. The van der Waals surface area contributed by atoms with E-state index >= 15 is 0 Å². The summed E-state index contributed by atoms with van der Waals surface area (Å²) in [4.78, 5) is 36.8. The maximum atomic E-state index is 12.7. The number of aliphatic carboxylic acids is 1. The number of nitrogens with one attached hydrogen (secondary N) is 2. The molecule has 2 amide bonds. The Morgan fingerprint density at radius 3 is 2.48 bits per heavy atom. The van der Waals surface area contributed by atoms with Crippen LogP contribution in [0.1, 0.15) is 39.1 Å². The summed E-state index contributed by atoms with van der Waals surface area (Å²) in [6, 6.07) is 12.6. The van der Waals surface area contributed by atoms with Gasteiger partial charge in [0.05, 0.1) is 6.61 Å². The maximum Gasteiger partial charge on any atom is 0.326 e. The number of hydrogen-bond donors (Lipinski definition) is 3. The molecule has 2 aromatic carbocycles. The fourth-order valence-electron chi connectivity index (χ4n) is 3.32. The third-order valence-corrected chi connectivity index (χ3v) is 5.00. The minimum absolute atomic E-state index is 0.270. The van der Waals surface area contributed by atoms with E-state index in [4.69, 9.17) is 4.74 Å². The van der Waals surface area contributed by atoms with Crippen molar-refractivity contribution >= 4 is 23.5 Å². The Hall–Kier alpha value is -3.19. The molecule has 2 aromatic rings. The molecule has 1 aliphatic rings. The highest BCUT2D eigenvalue weighted by atomic mass is 16.5. The molecule has 0 aliphatic carbocycles. The summed E-state index contributed by atoms with van der Waals surface area (Å²) in [7, 11) is 0.